The fraction of sp³-hybridized carbons (Fsp3) is 0. The molecular formula is C49H27N5O2S. The first-order valence-corrected chi connectivity index (χ1v) is 19.5. The van der Waals surface area contributed by atoms with Crippen LogP contribution in [0.5, 0.6) is 0 Å². The molecule has 8 heteroatoms. The van der Waals surface area contributed by atoms with Crippen molar-refractivity contribution in [3.63, 3.8) is 0 Å². The monoisotopic (exact) mass is 749 g/mol. The summed E-state index contributed by atoms with van der Waals surface area (Å²) in [6.45, 7) is 0. The zero-order valence-electron chi connectivity index (χ0n) is 30.0. The molecule has 0 radical (unpaired) electrons. The van der Waals surface area contributed by atoms with Crippen LogP contribution in [0.3, 0.4) is 0 Å². The molecule has 0 saturated heterocycles. The standard InChI is InChI=1S/C49H27N5O2S/c1-3-14-28(15-4-1)46-50-42-30-18-7-9-24-36(30)55-45(42)43(51-46)35-23-11-20-32-40-33(21-12-25-37(40)56-44(32)35)48-52-47(29-16-5-2-6-17-29)53-49(54-48)34-22-13-27-39-41(34)31-19-8-10-26-38(31)57-39/h1-27H. The molecule has 0 N–H and O–H groups in total. The van der Waals surface area contributed by atoms with E-state index in [1.807, 2.05) is 109 Å². The average molecular weight is 750 g/mol. The lowest BCUT2D eigenvalue weighted by molar-refractivity contribution is 0.663. The summed E-state index contributed by atoms with van der Waals surface area (Å²) in [5.41, 5.74) is 8.59. The van der Waals surface area contributed by atoms with Crippen molar-refractivity contribution in [2.24, 2.45) is 0 Å². The van der Waals surface area contributed by atoms with Gasteiger partial charge in [-0.15, -0.1) is 11.3 Å². The Morgan fingerprint density at radius 2 is 0.895 bits per heavy atom. The summed E-state index contributed by atoms with van der Waals surface area (Å²) < 4.78 is 15.7. The number of rotatable bonds is 5. The molecule has 0 aliphatic carbocycles. The SMILES string of the molecule is c1ccc(-c2nc(-c3cccc4oc5c(-c6nc(-c7ccccc7)nc7c6oc6ccccc67)cccc5c34)nc(-c3cccc4sc5ccccc5c34)n2)cc1. The van der Waals surface area contributed by atoms with Crippen molar-refractivity contribution in [3.05, 3.63) is 164 Å². The highest BCUT2D eigenvalue weighted by Crippen LogP contribution is 2.44. The van der Waals surface area contributed by atoms with Gasteiger partial charge in [0.2, 0.25) is 0 Å². The molecule has 7 aromatic carbocycles. The first kappa shape index (κ1) is 31.8. The first-order chi connectivity index (χ1) is 28.2. The van der Waals surface area contributed by atoms with Gasteiger partial charge < -0.3 is 8.83 Å². The Hall–Kier alpha value is -7.55. The third-order valence-corrected chi connectivity index (χ3v) is 11.7. The lowest BCUT2D eigenvalue weighted by Crippen LogP contribution is -2.00. The van der Waals surface area contributed by atoms with Crippen molar-refractivity contribution in [2.75, 3.05) is 0 Å². The van der Waals surface area contributed by atoms with Crippen LogP contribution in [-0.2, 0) is 0 Å². The van der Waals surface area contributed by atoms with Crippen LogP contribution in [0.25, 0.3) is 121 Å². The van der Waals surface area contributed by atoms with E-state index in [-0.39, 0.29) is 0 Å². The van der Waals surface area contributed by atoms with Gasteiger partial charge in [0, 0.05) is 64.1 Å². The minimum atomic E-state index is 0.558. The lowest BCUT2D eigenvalue weighted by atomic mass is 10.0. The van der Waals surface area contributed by atoms with E-state index >= 15 is 0 Å². The van der Waals surface area contributed by atoms with Crippen LogP contribution in [0.2, 0.25) is 0 Å². The Balaban J connectivity index is 1.11. The highest BCUT2D eigenvalue weighted by atomic mass is 32.1. The third kappa shape index (κ3) is 5.01. The van der Waals surface area contributed by atoms with Crippen molar-refractivity contribution < 1.29 is 8.83 Å². The van der Waals surface area contributed by atoms with E-state index in [0.717, 1.165) is 60.5 Å². The molecular weight excluding hydrogens is 723 g/mol. The Bertz CT molecular complexity index is 3540. The Labute approximate surface area is 328 Å². The second-order valence-electron chi connectivity index (χ2n) is 14.0. The van der Waals surface area contributed by atoms with Crippen molar-refractivity contribution in [1.82, 2.24) is 24.9 Å². The van der Waals surface area contributed by atoms with Crippen LogP contribution >= 0.6 is 11.3 Å². The smallest absolute Gasteiger partial charge is 0.180 e. The molecule has 12 rings (SSSR count). The Morgan fingerprint density at radius 1 is 0.351 bits per heavy atom. The second kappa shape index (κ2) is 12.5. The van der Waals surface area contributed by atoms with Gasteiger partial charge in [0.1, 0.15) is 28.0 Å². The van der Waals surface area contributed by atoms with Gasteiger partial charge >= 0.3 is 0 Å². The summed E-state index contributed by atoms with van der Waals surface area (Å²) in [6, 6.07) is 55.2. The van der Waals surface area contributed by atoms with Crippen LogP contribution in [0.4, 0.5) is 0 Å². The molecule has 0 fully saturated rings. The molecule has 0 aliphatic rings. The molecule has 5 aromatic heterocycles. The maximum atomic E-state index is 6.82. The van der Waals surface area contributed by atoms with E-state index in [2.05, 4.69) is 54.6 Å². The summed E-state index contributed by atoms with van der Waals surface area (Å²) in [4.78, 5) is 25.8. The van der Waals surface area contributed by atoms with E-state index < -0.39 is 0 Å². The fourth-order valence-electron chi connectivity index (χ4n) is 8.00. The fourth-order valence-corrected chi connectivity index (χ4v) is 9.14. The number of aromatic nitrogens is 5. The molecule has 0 atom stereocenters. The minimum Gasteiger partial charge on any atom is -0.455 e. The zero-order valence-corrected chi connectivity index (χ0v) is 30.9. The molecule has 0 unspecified atom stereocenters. The van der Waals surface area contributed by atoms with Crippen LogP contribution in [0, 0.1) is 0 Å². The summed E-state index contributed by atoms with van der Waals surface area (Å²) in [5, 5.41) is 5.07. The van der Waals surface area contributed by atoms with Crippen molar-refractivity contribution in [1.29, 1.82) is 0 Å². The highest BCUT2D eigenvalue weighted by molar-refractivity contribution is 7.25. The van der Waals surface area contributed by atoms with Crippen LogP contribution < -0.4 is 0 Å². The number of nitrogens with zero attached hydrogens (tertiary/aromatic N) is 5. The molecule has 57 heavy (non-hydrogen) atoms. The molecule has 5 heterocycles. The van der Waals surface area contributed by atoms with Crippen molar-refractivity contribution in [2.45, 2.75) is 0 Å². The van der Waals surface area contributed by atoms with E-state index in [9.17, 15) is 0 Å². The summed E-state index contributed by atoms with van der Waals surface area (Å²) in [5.74, 6) is 2.37. The summed E-state index contributed by atoms with van der Waals surface area (Å²) in [6.07, 6.45) is 0. The molecule has 266 valence electrons. The van der Waals surface area contributed by atoms with Gasteiger partial charge in [0.05, 0.1) is 0 Å². The Morgan fingerprint density at radius 3 is 1.68 bits per heavy atom. The first-order valence-electron chi connectivity index (χ1n) is 18.7. The van der Waals surface area contributed by atoms with E-state index in [4.69, 9.17) is 33.8 Å². The second-order valence-corrected chi connectivity index (χ2v) is 15.0. The van der Waals surface area contributed by atoms with Gasteiger partial charge in [-0.25, -0.2) is 24.9 Å². The van der Waals surface area contributed by atoms with Crippen LogP contribution in [-0.4, -0.2) is 24.9 Å². The average Bonchev–Trinajstić information content (AvgIpc) is 3.98. The molecule has 7 nitrogen and oxygen atoms in total. The number of hydrogen-bond donors (Lipinski definition) is 0. The van der Waals surface area contributed by atoms with Gasteiger partial charge in [0.15, 0.2) is 28.9 Å². The van der Waals surface area contributed by atoms with Crippen molar-refractivity contribution >= 4 is 75.5 Å². The van der Waals surface area contributed by atoms with E-state index in [1.54, 1.807) is 11.3 Å². The lowest BCUT2D eigenvalue weighted by Gasteiger charge is -2.10. The molecule has 0 amide bonds. The molecule has 12 aromatic rings. The van der Waals surface area contributed by atoms with Gasteiger partial charge in [-0.05, 0) is 36.4 Å². The van der Waals surface area contributed by atoms with E-state index in [1.165, 1.54) is 14.8 Å². The molecule has 0 spiro atoms. The van der Waals surface area contributed by atoms with E-state index in [0.29, 0.717) is 45.7 Å². The number of benzene rings is 7. The normalized spacial score (nSPS) is 11.9. The molecule has 0 saturated carbocycles. The summed E-state index contributed by atoms with van der Waals surface area (Å²) >= 11 is 1.78. The quantitative estimate of drug-likeness (QED) is 0.173. The van der Waals surface area contributed by atoms with Crippen LogP contribution in [0.1, 0.15) is 0 Å². The summed E-state index contributed by atoms with van der Waals surface area (Å²) in [7, 11) is 0. The predicted octanol–water partition coefficient (Wildman–Crippen LogP) is 13.2. The molecule has 0 aliphatic heterocycles. The van der Waals surface area contributed by atoms with Crippen molar-refractivity contribution in [3.8, 4) is 56.8 Å². The van der Waals surface area contributed by atoms with Gasteiger partial charge in [0.25, 0.3) is 0 Å². The number of furan rings is 2. The van der Waals surface area contributed by atoms with Gasteiger partial charge in [-0.2, -0.15) is 0 Å². The number of fused-ring (bicyclic) bond motifs is 9. The largest absolute Gasteiger partial charge is 0.455 e. The topological polar surface area (TPSA) is 90.7 Å². The molecule has 0 bridgehead atoms. The van der Waals surface area contributed by atoms with Gasteiger partial charge in [-0.3, -0.25) is 0 Å². The Kier molecular flexibility index (Phi) is 6.96. The number of thiophene rings is 1. The highest BCUT2D eigenvalue weighted by Gasteiger charge is 2.24. The van der Waals surface area contributed by atoms with Crippen LogP contribution in [0.15, 0.2) is 173 Å². The number of para-hydroxylation sites is 2. The maximum Gasteiger partial charge on any atom is 0.180 e. The maximum absolute atomic E-state index is 6.82. The third-order valence-electron chi connectivity index (χ3n) is 10.6. The minimum absolute atomic E-state index is 0.558. The van der Waals surface area contributed by atoms with Gasteiger partial charge in [-0.1, -0.05) is 127 Å². The predicted molar refractivity (Wildman–Crippen MR) is 230 cm³/mol. The zero-order chi connectivity index (χ0) is 37.5. The number of hydrogen-bond acceptors (Lipinski definition) is 8.